The van der Waals surface area contributed by atoms with Gasteiger partial charge in [0.05, 0.1) is 0 Å². The third-order valence-corrected chi connectivity index (χ3v) is 2.65. The van der Waals surface area contributed by atoms with Gasteiger partial charge in [-0.3, -0.25) is 9.59 Å². The molecule has 6 atom stereocenters. The molecular formula is C10H16O8. The first-order valence-electron chi connectivity index (χ1n) is 5.32. The summed E-state index contributed by atoms with van der Waals surface area (Å²) in [6.07, 6.45) is -9.65. The molecule has 8 heteroatoms. The van der Waals surface area contributed by atoms with Crippen LogP contribution >= 0.6 is 0 Å². The van der Waals surface area contributed by atoms with Crippen LogP contribution in [0.15, 0.2) is 0 Å². The summed E-state index contributed by atoms with van der Waals surface area (Å²) in [5, 5.41) is 38.5. The fourth-order valence-electron chi connectivity index (χ4n) is 1.84. The molecule has 1 aliphatic carbocycles. The van der Waals surface area contributed by atoms with Crippen LogP contribution in [0.5, 0.6) is 0 Å². The number of aliphatic hydroxyl groups excluding tert-OH is 4. The number of esters is 2. The predicted octanol–water partition coefficient (Wildman–Crippen LogP) is -2.69. The lowest BCUT2D eigenvalue weighted by Crippen LogP contribution is -2.65. The maximum atomic E-state index is 10.8. The second-order valence-corrected chi connectivity index (χ2v) is 4.11. The molecule has 1 fully saturated rings. The Morgan fingerprint density at radius 1 is 0.722 bits per heavy atom. The highest BCUT2D eigenvalue weighted by atomic mass is 16.6. The number of hydrogen-bond acceptors (Lipinski definition) is 8. The van der Waals surface area contributed by atoms with E-state index in [9.17, 15) is 30.0 Å². The molecule has 0 aromatic rings. The standard InChI is InChI=1S/C10H16O8/c1-3(11)17-9-6(14)5(13)7(15)10(8(9)16)18-4(2)12/h5-10,13-16H,1-2H3/t5-,6-,7+,8-,9+,10-. The van der Waals surface area contributed by atoms with Crippen LogP contribution in [0.25, 0.3) is 0 Å². The van der Waals surface area contributed by atoms with E-state index in [4.69, 9.17) is 0 Å². The molecule has 0 aromatic heterocycles. The topological polar surface area (TPSA) is 134 Å². The van der Waals surface area contributed by atoms with Crippen LogP contribution in [0, 0.1) is 0 Å². The fourth-order valence-corrected chi connectivity index (χ4v) is 1.84. The van der Waals surface area contributed by atoms with Crippen molar-refractivity contribution >= 4 is 11.9 Å². The van der Waals surface area contributed by atoms with Crippen molar-refractivity contribution < 1.29 is 39.5 Å². The Bertz CT molecular complexity index is 300. The van der Waals surface area contributed by atoms with Crippen LogP contribution < -0.4 is 0 Å². The highest BCUT2D eigenvalue weighted by Gasteiger charge is 2.52. The van der Waals surface area contributed by atoms with E-state index >= 15 is 0 Å². The van der Waals surface area contributed by atoms with Crippen LogP contribution in [0.3, 0.4) is 0 Å². The Morgan fingerprint density at radius 3 is 1.33 bits per heavy atom. The molecule has 8 nitrogen and oxygen atoms in total. The minimum atomic E-state index is -1.71. The van der Waals surface area contributed by atoms with Gasteiger partial charge in [0.2, 0.25) is 0 Å². The molecule has 18 heavy (non-hydrogen) atoms. The highest BCUT2D eigenvalue weighted by molar-refractivity contribution is 5.67. The van der Waals surface area contributed by atoms with Gasteiger partial charge in [0, 0.05) is 13.8 Å². The number of carbonyl (C=O) groups excluding carboxylic acids is 2. The first-order chi connectivity index (χ1) is 8.25. The second-order valence-electron chi connectivity index (χ2n) is 4.11. The van der Waals surface area contributed by atoms with Crippen LogP contribution in [-0.4, -0.2) is 69.0 Å². The maximum absolute atomic E-state index is 10.8. The van der Waals surface area contributed by atoms with E-state index in [1.54, 1.807) is 0 Å². The third kappa shape index (κ3) is 2.96. The normalized spacial score (nSPS) is 40.1. The lowest BCUT2D eigenvalue weighted by Gasteiger charge is -2.42. The van der Waals surface area contributed by atoms with Gasteiger partial charge in [-0.05, 0) is 0 Å². The zero-order valence-electron chi connectivity index (χ0n) is 9.89. The van der Waals surface area contributed by atoms with Gasteiger partial charge < -0.3 is 29.9 Å². The van der Waals surface area contributed by atoms with Crippen LogP contribution in [-0.2, 0) is 19.1 Å². The number of hydrogen-bond donors (Lipinski definition) is 4. The molecule has 0 aromatic carbocycles. The monoisotopic (exact) mass is 264 g/mol. The molecule has 0 bridgehead atoms. The van der Waals surface area contributed by atoms with Gasteiger partial charge in [0.1, 0.15) is 24.4 Å². The van der Waals surface area contributed by atoms with Crippen molar-refractivity contribution in [3.05, 3.63) is 0 Å². The highest BCUT2D eigenvalue weighted by Crippen LogP contribution is 2.26. The van der Waals surface area contributed by atoms with Gasteiger partial charge in [-0.2, -0.15) is 0 Å². The van der Waals surface area contributed by atoms with E-state index in [-0.39, 0.29) is 0 Å². The van der Waals surface area contributed by atoms with Crippen LogP contribution in [0.1, 0.15) is 13.8 Å². The summed E-state index contributed by atoms with van der Waals surface area (Å²) in [6, 6.07) is 0. The number of ether oxygens (including phenoxy) is 2. The summed E-state index contributed by atoms with van der Waals surface area (Å²) >= 11 is 0. The summed E-state index contributed by atoms with van der Waals surface area (Å²) in [5.41, 5.74) is 0. The summed E-state index contributed by atoms with van der Waals surface area (Å²) in [7, 11) is 0. The van der Waals surface area contributed by atoms with Gasteiger partial charge in [-0.15, -0.1) is 0 Å². The molecule has 0 aliphatic heterocycles. The quantitative estimate of drug-likeness (QED) is 0.396. The van der Waals surface area contributed by atoms with Crippen molar-refractivity contribution in [2.24, 2.45) is 0 Å². The van der Waals surface area contributed by atoms with Crippen molar-refractivity contribution in [2.45, 2.75) is 50.5 Å². The lowest BCUT2D eigenvalue weighted by molar-refractivity contribution is -0.239. The van der Waals surface area contributed by atoms with Crippen molar-refractivity contribution in [3.63, 3.8) is 0 Å². The Labute approximate surface area is 103 Å². The predicted molar refractivity (Wildman–Crippen MR) is 55.1 cm³/mol. The van der Waals surface area contributed by atoms with Crippen LogP contribution in [0.2, 0.25) is 0 Å². The van der Waals surface area contributed by atoms with Gasteiger partial charge in [-0.1, -0.05) is 0 Å². The Balaban J connectivity index is 2.92. The van der Waals surface area contributed by atoms with Gasteiger partial charge in [0.15, 0.2) is 12.2 Å². The molecule has 0 saturated heterocycles. The first kappa shape index (κ1) is 14.8. The largest absolute Gasteiger partial charge is 0.457 e. The molecule has 0 radical (unpaired) electrons. The van der Waals surface area contributed by atoms with Crippen molar-refractivity contribution in [3.8, 4) is 0 Å². The molecule has 1 saturated carbocycles. The molecule has 0 amide bonds. The van der Waals surface area contributed by atoms with E-state index in [1.165, 1.54) is 0 Å². The molecular weight excluding hydrogens is 248 g/mol. The zero-order chi connectivity index (χ0) is 14.0. The molecule has 4 N–H and O–H groups in total. The van der Waals surface area contributed by atoms with Gasteiger partial charge in [0.25, 0.3) is 0 Å². The molecule has 0 spiro atoms. The van der Waals surface area contributed by atoms with Crippen molar-refractivity contribution in [1.29, 1.82) is 0 Å². The average molecular weight is 264 g/mol. The van der Waals surface area contributed by atoms with E-state index in [1.807, 2.05) is 0 Å². The molecule has 1 aliphatic rings. The number of carbonyl (C=O) groups is 2. The van der Waals surface area contributed by atoms with Crippen molar-refractivity contribution in [2.75, 3.05) is 0 Å². The van der Waals surface area contributed by atoms with Gasteiger partial charge in [-0.25, -0.2) is 0 Å². The minimum absolute atomic E-state index is 0.789. The zero-order valence-corrected chi connectivity index (χ0v) is 9.89. The smallest absolute Gasteiger partial charge is 0.303 e. The maximum Gasteiger partial charge on any atom is 0.303 e. The van der Waals surface area contributed by atoms with Crippen LogP contribution in [0.4, 0.5) is 0 Å². The number of aliphatic hydroxyl groups is 4. The Kier molecular flexibility index (Phi) is 4.63. The van der Waals surface area contributed by atoms with E-state index < -0.39 is 48.6 Å². The SMILES string of the molecule is CC(=O)O[C@@H]1[C@@H](O)[C@H](OC(C)=O)[C@@H](O)[C@H](O)[C@H]1O. The lowest BCUT2D eigenvalue weighted by atomic mass is 9.84. The first-order valence-corrected chi connectivity index (χ1v) is 5.32. The third-order valence-electron chi connectivity index (χ3n) is 2.65. The summed E-state index contributed by atoms with van der Waals surface area (Å²) in [6.45, 7) is 2.11. The van der Waals surface area contributed by atoms with E-state index in [0.717, 1.165) is 13.8 Å². The fraction of sp³-hybridized carbons (Fsp3) is 0.800. The Hall–Kier alpha value is -1.22. The molecule has 1 rings (SSSR count). The average Bonchev–Trinajstić information content (AvgIpc) is 2.27. The van der Waals surface area contributed by atoms with E-state index in [0.29, 0.717) is 0 Å². The number of rotatable bonds is 2. The molecule has 0 unspecified atom stereocenters. The molecule has 104 valence electrons. The Morgan fingerprint density at radius 2 is 1.06 bits per heavy atom. The van der Waals surface area contributed by atoms with Gasteiger partial charge >= 0.3 is 11.9 Å². The molecule has 0 heterocycles. The van der Waals surface area contributed by atoms with E-state index in [2.05, 4.69) is 9.47 Å². The second kappa shape index (κ2) is 5.61. The summed E-state index contributed by atoms with van der Waals surface area (Å²) in [5.74, 6) is -1.58. The summed E-state index contributed by atoms with van der Waals surface area (Å²) < 4.78 is 9.29. The van der Waals surface area contributed by atoms with Crippen molar-refractivity contribution in [1.82, 2.24) is 0 Å². The summed E-state index contributed by atoms with van der Waals surface area (Å²) in [4.78, 5) is 21.6. The minimum Gasteiger partial charge on any atom is -0.457 e.